The Kier molecular flexibility index (Phi) is 3.45. The van der Waals surface area contributed by atoms with Gasteiger partial charge in [0.05, 0.1) is 29.0 Å². The van der Waals surface area contributed by atoms with Crippen molar-refractivity contribution >= 4 is 5.82 Å². The second-order valence-corrected chi connectivity index (χ2v) is 4.12. The van der Waals surface area contributed by atoms with Crippen LogP contribution in [0.2, 0.25) is 0 Å². The van der Waals surface area contributed by atoms with Crippen LogP contribution in [0.4, 0.5) is 5.82 Å². The lowest BCUT2D eigenvalue weighted by Gasteiger charge is -2.00. The Morgan fingerprint density at radius 1 is 1.30 bits per heavy atom. The minimum Gasteiger partial charge on any atom is -0.358 e. The van der Waals surface area contributed by atoms with Crippen molar-refractivity contribution in [1.82, 2.24) is 9.78 Å². The minimum absolute atomic E-state index is 0.0244. The van der Waals surface area contributed by atoms with E-state index in [2.05, 4.69) is 5.10 Å². The second-order valence-electron chi connectivity index (χ2n) is 4.12. The van der Waals surface area contributed by atoms with E-state index in [4.69, 9.17) is 10.5 Å². The third kappa shape index (κ3) is 2.33. The van der Waals surface area contributed by atoms with Crippen LogP contribution in [-0.4, -0.2) is 14.7 Å². The highest BCUT2D eigenvalue weighted by molar-refractivity contribution is 5.46. The van der Waals surface area contributed by atoms with Crippen LogP contribution in [0.5, 0.6) is 0 Å². The zero-order valence-electron chi connectivity index (χ0n) is 10.6. The fraction of sp³-hybridized carbons (Fsp3) is 0.154. The van der Waals surface area contributed by atoms with Crippen molar-refractivity contribution in [3.05, 3.63) is 56.8 Å². The number of rotatable bonds is 3. The van der Waals surface area contributed by atoms with Crippen molar-refractivity contribution in [3.63, 3.8) is 0 Å². The summed E-state index contributed by atoms with van der Waals surface area (Å²) < 4.78 is 1.41. The highest BCUT2D eigenvalue weighted by Gasteiger charge is 2.25. The number of aromatic nitrogens is 2. The Morgan fingerprint density at radius 3 is 2.40 bits per heavy atom. The van der Waals surface area contributed by atoms with Gasteiger partial charge in [0.2, 0.25) is 0 Å². The molecule has 0 saturated heterocycles. The summed E-state index contributed by atoms with van der Waals surface area (Å²) >= 11 is 0. The first-order valence-electron chi connectivity index (χ1n) is 5.67. The van der Waals surface area contributed by atoms with Crippen LogP contribution in [-0.2, 0) is 6.54 Å². The Bertz CT molecular complexity index is 747. The quantitative estimate of drug-likeness (QED) is 0.623. The molecular weight excluding hydrogens is 258 g/mol. The summed E-state index contributed by atoms with van der Waals surface area (Å²) in [6.07, 6.45) is 0. The molecule has 0 unspecified atom stereocenters. The molecule has 2 aromatic rings. The topological polar surface area (TPSA) is 109 Å². The van der Waals surface area contributed by atoms with Crippen molar-refractivity contribution in [3.8, 4) is 12.1 Å². The number of nitriles is 2. The maximum atomic E-state index is 10.8. The third-order valence-corrected chi connectivity index (χ3v) is 2.89. The van der Waals surface area contributed by atoms with Gasteiger partial charge in [-0.2, -0.15) is 15.2 Å². The lowest BCUT2D eigenvalue weighted by atomic mass is 10.1. The average molecular weight is 267 g/mol. The summed E-state index contributed by atoms with van der Waals surface area (Å²) in [7, 11) is 0. The lowest BCUT2D eigenvalue weighted by Crippen LogP contribution is -2.04. The van der Waals surface area contributed by atoms with Crippen LogP contribution in [0.25, 0.3) is 0 Å². The van der Waals surface area contributed by atoms with Gasteiger partial charge in [0, 0.05) is 0 Å². The maximum absolute atomic E-state index is 10.8. The van der Waals surface area contributed by atoms with Crippen LogP contribution >= 0.6 is 0 Å². The average Bonchev–Trinajstić information content (AvgIpc) is 2.76. The van der Waals surface area contributed by atoms with Crippen LogP contribution < -0.4 is 0 Å². The first-order valence-corrected chi connectivity index (χ1v) is 5.67. The van der Waals surface area contributed by atoms with Crippen LogP contribution in [0, 0.1) is 39.7 Å². The number of hydrogen-bond acceptors (Lipinski definition) is 5. The molecule has 1 heterocycles. The normalized spacial score (nSPS) is 9.75. The fourth-order valence-electron chi connectivity index (χ4n) is 1.80. The molecule has 7 heteroatoms. The van der Waals surface area contributed by atoms with Gasteiger partial charge in [0.25, 0.3) is 0 Å². The van der Waals surface area contributed by atoms with Crippen LogP contribution in [0.3, 0.4) is 0 Å². The van der Waals surface area contributed by atoms with Gasteiger partial charge in [-0.15, -0.1) is 0 Å². The van der Waals surface area contributed by atoms with Gasteiger partial charge in [-0.25, -0.2) is 0 Å². The molecule has 1 aromatic heterocycles. The molecule has 0 atom stereocenters. The van der Waals surface area contributed by atoms with Crippen molar-refractivity contribution < 1.29 is 4.92 Å². The molecule has 0 spiro atoms. The fourth-order valence-corrected chi connectivity index (χ4v) is 1.80. The van der Waals surface area contributed by atoms with Crippen molar-refractivity contribution in [2.24, 2.45) is 0 Å². The molecule has 0 N–H and O–H groups in total. The summed E-state index contributed by atoms with van der Waals surface area (Å²) in [4.78, 5) is 10.2. The molecule has 0 radical (unpaired) electrons. The molecule has 0 aliphatic carbocycles. The number of nitrogens with zero attached hydrogens (tertiary/aromatic N) is 5. The smallest absolute Gasteiger partial charge is 0.358 e. The van der Waals surface area contributed by atoms with Crippen molar-refractivity contribution in [2.45, 2.75) is 13.5 Å². The highest BCUT2D eigenvalue weighted by Crippen LogP contribution is 2.20. The Hall–Kier alpha value is -3.19. The van der Waals surface area contributed by atoms with Gasteiger partial charge in [0.15, 0.2) is 5.56 Å². The van der Waals surface area contributed by atoms with Gasteiger partial charge >= 0.3 is 5.82 Å². The summed E-state index contributed by atoms with van der Waals surface area (Å²) in [5, 5.41) is 32.3. The molecule has 0 saturated carbocycles. The van der Waals surface area contributed by atoms with E-state index in [0.29, 0.717) is 17.8 Å². The maximum Gasteiger partial charge on any atom is 0.408 e. The molecule has 0 aliphatic heterocycles. The van der Waals surface area contributed by atoms with Gasteiger partial charge < -0.3 is 10.1 Å². The van der Waals surface area contributed by atoms with E-state index < -0.39 is 10.7 Å². The van der Waals surface area contributed by atoms with Crippen LogP contribution in [0.1, 0.15) is 22.4 Å². The predicted molar refractivity (Wildman–Crippen MR) is 68.6 cm³/mol. The molecule has 20 heavy (non-hydrogen) atoms. The van der Waals surface area contributed by atoms with E-state index in [1.807, 2.05) is 6.07 Å². The summed E-state index contributed by atoms with van der Waals surface area (Å²) in [5.74, 6) is -0.432. The summed E-state index contributed by atoms with van der Waals surface area (Å²) in [6, 6.07) is 10.6. The van der Waals surface area contributed by atoms with Crippen LogP contribution in [0.15, 0.2) is 24.3 Å². The van der Waals surface area contributed by atoms with E-state index in [1.165, 1.54) is 4.68 Å². The molecule has 0 aliphatic rings. The Balaban J connectivity index is 2.37. The van der Waals surface area contributed by atoms with Crippen molar-refractivity contribution in [2.75, 3.05) is 0 Å². The van der Waals surface area contributed by atoms with Crippen molar-refractivity contribution in [1.29, 1.82) is 10.5 Å². The molecule has 1 aromatic carbocycles. The summed E-state index contributed by atoms with van der Waals surface area (Å²) in [6.45, 7) is 1.92. The zero-order valence-corrected chi connectivity index (χ0v) is 10.6. The first-order chi connectivity index (χ1) is 9.56. The van der Waals surface area contributed by atoms with Gasteiger partial charge in [-0.3, -0.25) is 0 Å². The summed E-state index contributed by atoms with van der Waals surface area (Å²) in [5.41, 5.74) is 1.80. The van der Waals surface area contributed by atoms with E-state index in [1.54, 1.807) is 37.3 Å². The standard InChI is InChI=1S/C13H9N5O2/c1-9-12(7-15)13(18(19)20)16-17(9)8-11-4-2-10(6-14)3-5-11/h2-5H,8H2,1H3. The van der Waals surface area contributed by atoms with Gasteiger partial charge in [0.1, 0.15) is 6.07 Å². The molecule has 0 fully saturated rings. The Labute approximate surface area is 114 Å². The molecular formula is C13H9N5O2. The van der Waals surface area contributed by atoms with E-state index >= 15 is 0 Å². The molecule has 0 amide bonds. The lowest BCUT2D eigenvalue weighted by molar-refractivity contribution is -0.390. The predicted octanol–water partition coefficient (Wildman–Crippen LogP) is 1.89. The number of hydrogen-bond donors (Lipinski definition) is 0. The van der Waals surface area contributed by atoms with Gasteiger partial charge in [-0.1, -0.05) is 12.1 Å². The van der Waals surface area contributed by atoms with E-state index in [9.17, 15) is 10.1 Å². The van der Waals surface area contributed by atoms with E-state index in [-0.39, 0.29) is 5.56 Å². The number of benzene rings is 1. The number of nitro groups is 1. The molecule has 0 bridgehead atoms. The largest absolute Gasteiger partial charge is 0.408 e. The van der Waals surface area contributed by atoms with E-state index in [0.717, 1.165) is 5.56 Å². The molecule has 7 nitrogen and oxygen atoms in total. The SMILES string of the molecule is Cc1c(C#N)c([N+](=O)[O-])nn1Cc1ccc(C#N)cc1. The first kappa shape index (κ1) is 13.2. The minimum atomic E-state index is -0.666. The monoisotopic (exact) mass is 267 g/mol. The second kappa shape index (κ2) is 5.21. The third-order valence-electron chi connectivity index (χ3n) is 2.89. The zero-order chi connectivity index (χ0) is 14.7. The Morgan fingerprint density at radius 2 is 1.95 bits per heavy atom. The van der Waals surface area contributed by atoms with Gasteiger partial charge in [-0.05, 0) is 29.5 Å². The molecule has 98 valence electrons. The molecule has 2 rings (SSSR count). The highest BCUT2D eigenvalue weighted by atomic mass is 16.6.